The summed E-state index contributed by atoms with van der Waals surface area (Å²) in [6.45, 7) is 0. The van der Waals surface area contributed by atoms with Crippen LogP contribution in [-0.2, 0) is 14.3 Å². The molecule has 4 rings (SSSR count). The Hall–Kier alpha value is -2.56. The van der Waals surface area contributed by atoms with Crippen molar-refractivity contribution >= 4 is 11.6 Å². The number of hydrogen-bond donors (Lipinski definition) is 0. The zero-order valence-electron chi connectivity index (χ0n) is 15.1. The summed E-state index contributed by atoms with van der Waals surface area (Å²) >= 11 is 0. The number of carbonyl (C=O) groups excluding carboxylic acids is 2. The standard InChI is InChI=1S/C21H22O5/c1-24-17-11-3-6-12(21(17)25-2)18-19-13(22)7-4-9-15(19)26-16-10-5-8-14(23)20(16)18/h3,6,11,18H,4-5,7-10H2,1-2H3. The second-order valence-electron chi connectivity index (χ2n) is 6.84. The van der Waals surface area contributed by atoms with Gasteiger partial charge in [-0.3, -0.25) is 9.59 Å². The molecule has 0 aromatic heterocycles. The predicted octanol–water partition coefficient (Wildman–Crippen LogP) is 3.83. The third-order valence-corrected chi connectivity index (χ3v) is 5.39. The molecule has 0 unspecified atom stereocenters. The van der Waals surface area contributed by atoms with Crippen LogP contribution in [-0.4, -0.2) is 25.8 Å². The number of benzene rings is 1. The molecule has 0 N–H and O–H groups in total. The molecule has 0 bridgehead atoms. The van der Waals surface area contributed by atoms with Crippen LogP contribution in [0.4, 0.5) is 0 Å². The van der Waals surface area contributed by atoms with Crippen molar-refractivity contribution in [3.63, 3.8) is 0 Å². The van der Waals surface area contributed by atoms with Gasteiger partial charge in [0.15, 0.2) is 23.1 Å². The summed E-state index contributed by atoms with van der Waals surface area (Å²) in [7, 11) is 3.16. The fourth-order valence-corrected chi connectivity index (χ4v) is 4.27. The number of Topliss-reactive ketones (excluding diaryl/α,β-unsaturated/α-hetero) is 2. The molecule has 0 radical (unpaired) electrons. The van der Waals surface area contributed by atoms with E-state index in [2.05, 4.69) is 0 Å². The average Bonchev–Trinajstić information content (AvgIpc) is 2.66. The van der Waals surface area contributed by atoms with Crippen LogP contribution < -0.4 is 9.47 Å². The second kappa shape index (κ2) is 6.63. The molecule has 26 heavy (non-hydrogen) atoms. The fraction of sp³-hybridized carbons (Fsp3) is 0.429. The van der Waals surface area contributed by atoms with Crippen molar-refractivity contribution in [2.75, 3.05) is 14.2 Å². The summed E-state index contributed by atoms with van der Waals surface area (Å²) < 4.78 is 17.1. The first-order valence-electron chi connectivity index (χ1n) is 9.07. The van der Waals surface area contributed by atoms with E-state index < -0.39 is 5.92 Å². The molecular weight excluding hydrogens is 332 g/mol. The third-order valence-electron chi connectivity index (χ3n) is 5.39. The van der Waals surface area contributed by atoms with Crippen molar-refractivity contribution < 1.29 is 23.8 Å². The van der Waals surface area contributed by atoms with Crippen LogP contribution in [0.5, 0.6) is 11.5 Å². The van der Waals surface area contributed by atoms with E-state index in [0.29, 0.717) is 35.5 Å². The Morgan fingerprint density at radius 2 is 1.50 bits per heavy atom. The lowest BCUT2D eigenvalue weighted by Gasteiger charge is -2.36. The highest BCUT2D eigenvalue weighted by molar-refractivity contribution is 6.06. The van der Waals surface area contributed by atoms with E-state index in [4.69, 9.17) is 14.2 Å². The molecule has 1 aliphatic heterocycles. The van der Waals surface area contributed by atoms with Crippen molar-refractivity contribution in [2.24, 2.45) is 0 Å². The minimum atomic E-state index is -0.431. The summed E-state index contributed by atoms with van der Waals surface area (Å²) in [5, 5.41) is 0. The molecule has 0 atom stereocenters. The molecule has 0 saturated heterocycles. The van der Waals surface area contributed by atoms with Crippen LogP contribution in [0.2, 0.25) is 0 Å². The van der Waals surface area contributed by atoms with Crippen LogP contribution in [0.15, 0.2) is 40.9 Å². The number of ether oxygens (including phenoxy) is 3. The molecular formula is C21H22O5. The Balaban J connectivity index is 1.96. The lowest BCUT2D eigenvalue weighted by molar-refractivity contribution is -0.117. The minimum Gasteiger partial charge on any atom is -0.493 e. The van der Waals surface area contributed by atoms with Gasteiger partial charge in [0.25, 0.3) is 0 Å². The highest BCUT2D eigenvalue weighted by atomic mass is 16.5. The number of para-hydroxylation sites is 1. The Morgan fingerprint density at radius 3 is 2.04 bits per heavy atom. The largest absolute Gasteiger partial charge is 0.493 e. The Labute approximate surface area is 152 Å². The summed E-state index contributed by atoms with van der Waals surface area (Å²) in [6.07, 6.45) is 4.01. The van der Waals surface area contributed by atoms with Gasteiger partial charge >= 0.3 is 0 Å². The molecule has 0 spiro atoms. The van der Waals surface area contributed by atoms with Gasteiger partial charge < -0.3 is 14.2 Å². The summed E-state index contributed by atoms with van der Waals surface area (Å²) in [5.41, 5.74) is 2.04. The van der Waals surface area contributed by atoms with E-state index in [1.807, 2.05) is 18.2 Å². The van der Waals surface area contributed by atoms with Crippen LogP contribution in [0.1, 0.15) is 50.0 Å². The molecule has 0 fully saturated rings. The quantitative estimate of drug-likeness (QED) is 0.825. The summed E-state index contributed by atoms with van der Waals surface area (Å²) in [4.78, 5) is 25.6. The minimum absolute atomic E-state index is 0.0612. The maximum absolute atomic E-state index is 12.8. The van der Waals surface area contributed by atoms with Crippen molar-refractivity contribution in [1.29, 1.82) is 0 Å². The van der Waals surface area contributed by atoms with Gasteiger partial charge in [0.2, 0.25) is 0 Å². The Morgan fingerprint density at radius 1 is 0.885 bits per heavy atom. The van der Waals surface area contributed by atoms with Crippen LogP contribution in [0, 0.1) is 0 Å². The zero-order chi connectivity index (χ0) is 18.3. The van der Waals surface area contributed by atoms with Crippen LogP contribution in [0.25, 0.3) is 0 Å². The molecule has 2 aliphatic carbocycles. The lowest BCUT2D eigenvalue weighted by Crippen LogP contribution is -2.30. The van der Waals surface area contributed by atoms with Gasteiger partial charge in [0.05, 0.1) is 20.1 Å². The Bertz CT molecular complexity index is 804. The number of allylic oxidation sites excluding steroid dienone is 4. The molecule has 136 valence electrons. The number of hydrogen-bond acceptors (Lipinski definition) is 5. The average molecular weight is 354 g/mol. The van der Waals surface area contributed by atoms with Crippen molar-refractivity contribution in [2.45, 2.75) is 44.4 Å². The third kappa shape index (κ3) is 2.54. The predicted molar refractivity (Wildman–Crippen MR) is 95.1 cm³/mol. The zero-order valence-corrected chi connectivity index (χ0v) is 15.1. The first-order chi connectivity index (χ1) is 12.7. The van der Waals surface area contributed by atoms with Crippen molar-refractivity contribution in [3.05, 3.63) is 46.4 Å². The number of ketones is 2. The first-order valence-corrected chi connectivity index (χ1v) is 9.07. The molecule has 1 aromatic rings. The summed E-state index contributed by atoms with van der Waals surface area (Å²) in [5.74, 6) is 2.30. The van der Waals surface area contributed by atoms with E-state index in [0.717, 1.165) is 42.8 Å². The van der Waals surface area contributed by atoms with Gasteiger partial charge in [-0.15, -0.1) is 0 Å². The highest BCUT2D eigenvalue weighted by Crippen LogP contribution is 2.50. The van der Waals surface area contributed by atoms with Crippen molar-refractivity contribution in [1.82, 2.24) is 0 Å². The maximum Gasteiger partial charge on any atom is 0.164 e. The van der Waals surface area contributed by atoms with Gasteiger partial charge in [0.1, 0.15) is 11.5 Å². The van der Waals surface area contributed by atoms with Gasteiger partial charge in [-0.05, 0) is 18.9 Å². The van der Waals surface area contributed by atoms with E-state index in [-0.39, 0.29) is 11.6 Å². The normalized spacial score (nSPS) is 20.5. The SMILES string of the molecule is COc1cccc(C2C3=C(CCCC3=O)OC3=C2C(=O)CCC3)c1OC. The van der Waals surface area contributed by atoms with E-state index >= 15 is 0 Å². The van der Waals surface area contributed by atoms with Crippen LogP contribution >= 0.6 is 0 Å². The highest BCUT2D eigenvalue weighted by Gasteiger charge is 2.43. The fourth-order valence-electron chi connectivity index (χ4n) is 4.27. The van der Waals surface area contributed by atoms with Gasteiger partial charge in [0, 0.05) is 42.4 Å². The smallest absolute Gasteiger partial charge is 0.164 e. The van der Waals surface area contributed by atoms with E-state index in [9.17, 15) is 9.59 Å². The van der Waals surface area contributed by atoms with Gasteiger partial charge in [-0.25, -0.2) is 0 Å². The topological polar surface area (TPSA) is 61.8 Å². The molecule has 3 aliphatic rings. The molecule has 0 amide bonds. The van der Waals surface area contributed by atoms with E-state index in [1.165, 1.54) is 0 Å². The molecule has 1 aromatic carbocycles. The molecule has 0 saturated carbocycles. The number of carbonyl (C=O) groups is 2. The van der Waals surface area contributed by atoms with E-state index in [1.54, 1.807) is 14.2 Å². The van der Waals surface area contributed by atoms with Gasteiger partial charge in [-0.1, -0.05) is 12.1 Å². The monoisotopic (exact) mass is 354 g/mol. The Kier molecular flexibility index (Phi) is 4.31. The second-order valence-corrected chi connectivity index (χ2v) is 6.84. The van der Waals surface area contributed by atoms with Crippen molar-refractivity contribution in [3.8, 4) is 11.5 Å². The van der Waals surface area contributed by atoms with Gasteiger partial charge in [-0.2, -0.15) is 0 Å². The molecule has 5 nitrogen and oxygen atoms in total. The number of methoxy groups -OCH3 is 2. The lowest BCUT2D eigenvalue weighted by atomic mass is 9.73. The van der Waals surface area contributed by atoms with Crippen LogP contribution in [0.3, 0.4) is 0 Å². The maximum atomic E-state index is 12.8. The number of rotatable bonds is 3. The molecule has 5 heteroatoms. The summed E-state index contributed by atoms with van der Waals surface area (Å²) in [6, 6.07) is 5.60. The first kappa shape index (κ1) is 16.9. The molecule has 1 heterocycles.